The molecule has 1 saturated heterocycles. The molecule has 0 amide bonds. The third-order valence-corrected chi connectivity index (χ3v) is 6.39. The predicted octanol–water partition coefficient (Wildman–Crippen LogP) is 2.12. The summed E-state index contributed by atoms with van der Waals surface area (Å²) >= 11 is 0. The van der Waals surface area contributed by atoms with Crippen molar-refractivity contribution in [3.05, 3.63) is 64.5 Å². The summed E-state index contributed by atoms with van der Waals surface area (Å²) in [6, 6.07) is 11.2. The number of ether oxygens (including phenoxy) is 1. The van der Waals surface area contributed by atoms with Crippen LogP contribution in [0.4, 0.5) is 10.1 Å². The Labute approximate surface area is 162 Å². The van der Waals surface area contributed by atoms with E-state index in [2.05, 4.69) is 0 Å². The second kappa shape index (κ2) is 8.63. The molecular formula is C18H20FN3O5S. The van der Waals surface area contributed by atoms with Crippen molar-refractivity contribution in [1.82, 2.24) is 9.21 Å². The first-order valence-corrected chi connectivity index (χ1v) is 10.2. The van der Waals surface area contributed by atoms with Gasteiger partial charge in [0.25, 0.3) is 5.69 Å². The minimum Gasteiger partial charge on any atom is -0.489 e. The maximum absolute atomic E-state index is 13.5. The molecule has 1 fully saturated rings. The molecule has 0 spiro atoms. The van der Waals surface area contributed by atoms with Crippen molar-refractivity contribution in [3.8, 4) is 5.75 Å². The van der Waals surface area contributed by atoms with E-state index in [1.165, 1.54) is 28.6 Å². The van der Waals surface area contributed by atoms with Gasteiger partial charge in [0.2, 0.25) is 10.0 Å². The van der Waals surface area contributed by atoms with Crippen LogP contribution in [0.15, 0.2) is 53.4 Å². The van der Waals surface area contributed by atoms with Crippen molar-refractivity contribution in [3.63, 3.8) is 0 Å². The lowest BCUT2D eigenvalue weighted by Gasteiger charge is -2.33. The van der Waals surface area contributed by atoms with Crippen LogP contribution in [0.1, 0.15) is 0 Å². The van der Waals surface area contributed by atoms with E-state index in [0.29, 0.717) is 26.2 Å². The molecule has 0 unspecified atom stereocenters. The van der Waals surface area contributed by atoms with Gasteiger partial charge < -0.3 is 4.74 Å². The van der Waals surface area contributed by atoms with Crippen LogP contribution in [0.2, 0.25) is 0 Å². The summed E-state index contributed by atoms with van der Waals surface area (Å²) in [5.41, 5.74) is -0.259. The lowest BCUT2D eigenvalue weighted by atomic mass is 10.3. The lowest BCUT2D eigenvalue weighted by molar-refractivity contribution is -0.385. The Balaban J connectivity index is 1.54. The summed E-state index contributed by atoms with van der Waals surface area (Å²) < 4.78 is 45.7. The van der Waals surface area contributed by atoms with Gasteiger partial charge in [0.1, 0.15) is 6.61 Å². The highest BCUT2D eigenvalue weighted by atomic mass is 32.2. The highest BCUT2D eigenvalue weighted by Crippen LogP contribution is 2.22. The average Bonchev–Trinajstić information content (AvgIpc) is 2.70. The summed E-state index contributed by atoms with van der Waals surface area (Å²) in [7, 11) is -3.79. The number of rotatable bonds is 7. The Kier molecular flexibility index (Phi) is 6.22. The highest BCUT2D eigenvalue weighted by Gasteiger charge is 2.29. The molecule has 0 saturated carbocycles. The quantitative estimate of drug-likeness (QED) is 0.514. The number of benzene rings is 2. The van der Waals surface area contributed by atoms with E-state index < -0.39 is 20.8 Å². The number of nitro groups is 1. The number of piperazine rings is 1. The molecule has 0 radical (unpaired) electrons. The predicted molar refractivity (Wildman–Crippen MR) is 100 cm³/mol. The van der Waals surface area contributed by atoms with Crippen LogP contribution in [-0.2, 0) is 10.0 Å². The normalized spacial score (nSPS) is 16.0. The second-order valence-electron chi connectivity index (χ2n) is 6.28. The molecule has 1 aliphatic heterocycles. The molecule has 0 aliphatic carbocycles. The van der Waals surface area contributed by atoms with Gasteiger partial charge in [0, 0.05) is 44.9 Å². The van der Waals surface area contributed by atoms with Gasteiger partial charge in [0.05, 0.1) is 9.82 Å². The average molecular weight is 409 g/mol. The molecule has 2 aromatic rings. The number of sulfonamides is 1. The zero-order chi connectivity index (χ0) is 20.1. The van der Waals surface area contributed by atoms with Crippen molar-refractivity contribution in [2.75, 3.05) is 39.3 Å². The van der Waals surface area contributed by atoms with Crippen molar-refractivity contribution in [2.24, 2.45) is 0 Å². The van der Waals surface area contributed by atoms with E-state index in [0.717, 1.165) is 6.07 Å². The molecule has 0 N–H and O–H groups in total. The van der Waals surface area contributed by atoms with Crippen molar-refractivity contribution < 1.29 is 22.5 Å². The monoisotopic (exact) mass is 409 g/mol. The number of hydrogen-bond acceptors (Lipinski definition) is 6. The molecule has 0 bridgehead atoms. The fourth-order valence-corrected chi connectivity index (χ4v) is 4.41. The summed E-state index contributed by atoms with van der Waals surface area (Å²) in [5, 5.41) is 10.9. The number of nitrogens with zero attached hydrogens (tertiary/aromatic N) is 3. The van der Waals surface area contributed by atoms with E-state index in [1.54, 1.807) is 18.2 Å². The second-order valence-corrected chi connectivity index (χ2v) is 8.22. The molecule has 8 nitrogen and oxygen atoms in total. The van der Waals surface area contributed by atoms with E-state index in [1.807, 2.05) is 4.90 Å². The molecular weight excluding hydrogens is 389 g/mol. The Morgan fingerprint density at radius 1 is 1.07 bits per heavy atom. The van der Waals surface area contributed by atoms with E-state index in [9.17, 15) is 22.9 Å². The Morgan fingerprint density at radius 3 is 2.46 bits per heavy atom. The SMILES string of the molecule is O=[N+]([O-])c1cccc(S(=O)(=O)N2CCN(CCOc3ccccc3F)CC2)c1. The smallest absolute Gasteiger partial charge is 0.270 e. The van der Waals surface area contributed by atoms with Gasteiger partial charge in [-0.25, -0.2) is 12.8 Å². The van der Waals surface area contributed by atoms with Crippen LogP contribution in [-0.4, -0.2) is 61.9 Å². The Morgan fingerprint density at radius 2 is 1.79 bits per heavy atom. The molecule has 10 heteroatoms. The van der Waals surface area contributed by atoms with Crippen LogP contribution < -0.4 is 4.74 Å². The van der Waals surface area contributed by atoms with Crippen LogP contribution >= 0.6 is 0 Å². The first kappa shape index (κ1) is 20.2. The first-order chi connectivity index (χ1) is 13.4. The third-order valence-electron chi connectivity index (χ3n) is 4.50. The topological polar surface area (TPSA) is 93.0 Å². The van der Waals surface area contributed by atoms with Crippen LogP contribution in [0, 0.1) is 15.9 Å². The van der Waals surface area contributed by atoms with E-state index in [4.69, 9.17) is 4.74 Å². The maximum Gasteiger partial charge on any atom is 0.270 e. The van der Waals surface area contributed by atoms with E-state index in [-0.39, 0.29) is 29.4 Å². The molecule has 0 aromatic heterocycles. The standard InChI is InChI=1S/C18H20FN3O5S/c19-17-6-1-2-7-18(17)27-13-12-20-8-10-21(11-9-20)28(25,26)16-5-3-4-15(14-16)22(23)24/h1-7,14H,8-13H2. The van der Waals surface area contributed by atoms with Gasteiger partial charge in [0.15, 0.2) is 11.6 Å². The summed E-state index contributed by atoms with van der Waals surface area (Å²) in [6.45, 7) is 2.36. The molecule has 28 heavy (non-hydrogen) atoms. The fraction of sp³-hybridized carbons (Fsp3) is 0.333. The highest BCUT2D eigenvalue weighted by molar-refractivity contribution is 7.89. The number of halogens is 1. The lowest BCUT2D eigenvalue weighted by Crippen LogP contribution is -2.49. The largest absolute Gasteiger partial charge is 0.489 e. The minimum absolute atomic E-state index is 0.0852. The Bertz CT molecular complexity index is 946. The number of para-hydroxylation sites is 1. The van der Waals surface area contributed by atoms with Gasteiger partial charge in [-0.05, 0) is 18.2 Å². The molecule has 2 aromatic carbocycles. The zero-order valence-electron chi connectivity index (χ0n) is 15.0. The van der Waals surface area contributed by atoms with Crippen LogP contribution in [0.5, 0.6) is 5.75 Å². The van der Waals surface area contributed by atoms with Gasteiger partial charge in [-0.3, -0.25) is 15.0 Å². The van der Waals surface area contributed by atoms with Crippen molar-refractivity contribution >= 4 is 15.7 Å². The van der Waals surface area contributed by atoms with Crippen LogP contribution in [0.25, 0.3) is 0 Å². The zero-order valence-corrected chi connectivity index (χ0v) is 15.8. The molecule has 1 aliphatic rings. The molecule has 150 valence electrons. The van der Waals surface area contributed by atoms with Crippen molar-refractivity contribution in [1.29, 1.82) is 0 Å². The van der Waals surface area contributed by atoms with Gasteiger partial charge in [-0.2, -0.15) is 4.31 Å². The first-order valence-electron chi connectivity index (χ1n) is 8.72. The maximum atomic E-state index is 13.5. The Hall–Kier alpha value is -2.56. The summed E-state index contributed by atoms with van der Waals surface area (Å²) in [5.74, 6) is -0.232. The summed E-state index contributed by atoms with van der Waals surface area (Å²) in [6.07, 6.45) is 0. The fourth-order valence-electron chi connectivity index (χ4n) is 2.95. The number of nitro benzene ring substituents is 1. The van der Waals surface area contributed by atoms with Crippen molar-refractivity contribution in [2.45, 2.75) is 4.90 Å². The number of hydrogen-bond donors (Lipinski definition) is 0. The van der Waals surface area contributed by atoms with Gasteiger partial charge in [-0.15, -0.1) is 0 Å². The van der Waals surface area contributed by atoms with E-state index >= 15 is 0 Å². The molecule has 3 rings (SSSR count). The van der Waals surface area contributed by atoms with Gasteiger partial charge >= 0.3 is 0 Å². The number of non-ortho nitro benzene ring substituents is 1. The van der Waals surface area contributed by atoms with Gasteiger partial charge in [-0.1, -0.05) is 18.2 Å². The third kappa shape index (κ3) is 4.64. The minimum atomic E-state index is -3.79. The van der Waals surface area contributed by atoms with Crippen LogP contribution in [0.3, 0.4) is 0 Å². The summed E-state index contributed by atoms with van der Waals surface area (Å²) in [4.78, 5) is 12.2. The molecule has 0 atom stereocenters. The molecule has 1 heterocycles.